The van der Waals surface area contributed by atoms with Crippen molar-refractivity contribution in [1.82, 2.24) is 24.9 Å². The molecule has 0 radical (unpaired) electrons. The zero-order chi connectivity index (χ0) is 16.3. The van der Waals surface area contributed by atoms with Gasteiger partial charge < -0.3 is 10.2 Å². The van der Waals surface area contributed by atoms with Crippen LogP contribution in [0.5, 0.6) is 0 Å². The van der Waals surface area contributed by atoms with Gasteiger partial charge in [0.2, 0.25) is 0 Å². The van der Waals surface area contributed by atoms with Crippen LogP contribution in [0.4, 0.5) is 5.82 Å². The minimum atomic E-state index is 0.343. The lowest BCUT2D eigenvalue weighted by Crippen LogP contribution is -2.31. The molecule has 0 aliphatic rings. The molecule has 0 spiro atoms. The highest BCUT2D eigenvalue weighted by Gasteiger charge is 2.20. The summed E-state index contributed by atoms with van der Waals surface area (Å²) in [6.07, 6.45) is 3.81. The van der Waals surface area contributed by atoms with Gasteiger partial charge in [-0.05, 0) is 18.9 Å². The molecule has 0 saturated heterocycles. The second kappa shape index (κ2) is 6.96. The summed E-state index contributed by atoms with van der Waals surface area (Å²) in [4.78, 5) is 2.13. The van der Waals surface area contributed by atoms with Crippen LogP contribution in [0.1, 0.15) is 37.9 Å². The molecule has 2 aromatic rings. The first-order valence-corrected chi connectivity index (χ1v) is 7.84. The molecule has 0 amide bonds. The molecule has 1 N–H and O–H groups in total. The van der Waals surface area contributed by atoms with E-state index in [0.717, 1.165) is 13.1 Å². The van der Waals surface area contributed by atoms with Gasteiger partial charge in [0.1, 0.15) is 5.82 Å². The van der Waals surface area contributed by atoms with Gasteiger partial charge in [0, 0.05) is 51.7 Å². The molecule has 2 aromatic heterocycles. The molecule has 22 heavy (non-hydrogen) atoms. The fourth-order valence-electron chi connectivity index (χ4n) is 2.80. The Morgan fingerprint density at radius 2 is 2.00 bits per heavy atom. The van der Waals surface area contributed by atoms with Crippen molar-refractivity contribution in [2.75, 3.05) is 19.0 Å². The molecule has 1 atom stereocenters. The summed E-state index contributed by atoms with van der Waals surface area (Å²) in [6.45, 7) is 8.25. The van der Waals surface area contributed by atoms with Crippen molar-refractivity contribution in [3.8, 4) is 0 Å². The first-order chi connectivity index (χ1) is 10.4. The Kier molecular flexibility index (Phi) is 5.24. The molecule has 2 rings (SSSR count). The van der Waals surface area contributed by atoms with Crippen LogP contribution in [0.2, 0.25) is 0 Å². The predicted molar refractivity (Wildman–Crippen MR) is 90.2 cm³/mol. The van der Waals surface area contributed by atoms with Gasteiger partial charge in [0.25, 0.3) is 0 Å². The van der Waals surface area contributed by atoms with Gasteiger partial charge in [-0.2, -0.15) is 10.2 Å². The lowest BCUT2D eigenvalue weighted by Gasteiger charge is -2.19. The molecule has 0 aliphatic carbocycles. The highest BCUT2D eigenvalue weighted by Crippen LogP contribution is 2.27. The Labute approximate surface area is 133 Å². The fraction of sp³-hybridized carbons (Fsp3) is 0.625. The Bertz CT molecular complexity index is 582. The van der Waals surface area contributed by atoms with Crippen molar-refractivity contribution in [3.63, 3.8) is 0 Å². The van der Waals surface area contributed by atoms with Gasteiger partial charge in [-0.1, -0.05) is 13.8 Å². The molecular formula is C16H28N6. The van der Waals surface area contributed by atoms with Crippen molar-refractivity contribution in [3.05, 3.63) is 29.7 Å². The van der Waals surface area contributed by atoms with E-state index in [2.05, 4.69) is 50.2 Å². The molecule has 0 aliphatic heterocycles. The van der Waals surface area contributed by atoms with Crippen molar-refractivity contribution in [2.45, 2.75) is 45.8 Å². The molecular weight excluding hydrogens is 276 g/mol. The third-order valence-electron chi connectivity index (χ3n) is 3.76. The zero-order valence-electron chi connectivity index (χ0n) is 14.5. The highest BCUT2D eigenvalue weighted by atomic mass is 15.4. The topological polar surface area (TPSA) is 50.9 Å². The Morgan fingerprint density at radius 1 is 1.27 bits per heavy atom. The first-order valence-electron chi connectivity index (χ1n) is 7.84. The van der Waals surface area contributed by atoms with Crippen LogP contribution in [0.25, 0.3) is 0 Å². The van der Waals surface area contributed by atoms with Crippen LogP contribution in [0.3, 0.4) is 0 Å². The van der Waals surface area contributed by atoms with Gasteiger partial charge in [0.05, 0.1) is 12.2 Å². The maximum absolute atomic E-state index is 4.70. The number of hydrogen-bond acceptors (Lipinski definition) is 4. The van der Waals surface area contributed by atoms with Crippen LogP contribution < -0.4 is 10.2 Å². The second-order valence-corrected chi connectivity index (χ2v) is 6.37. The molecule has 6 heteroatoms. The van der Waals surface area contributed by atoms with Crippen LogP contribution >= 0.6 is 0 Å². The Balaban J connectivity index is 2.10. The van der Waals surface area contributed by atoms with E-state index in [1.807, 2.05) is 34.9 Å². The molecule has 2 heterocycles. The summed E-state index contributed by atoms with van der Waals surface area (Å²) >= 11 is 0. The smallest absolute Gasteiger partial charge is 0.130 e. The maximum Gasteiger partial charge on any atom is 0.130 e. The summed E-state index contributed by atoms with van der Waals surface area (Å²) in [5, 5.41) is 12.6. The predicted octanol–water partition coefficient (Wildman–Crippen LogP) is 1.98. The Morgan fingerprint density at radius 3 is 2.55 bits per heavy atom. The van der Waals surface area contributed by atoms with Crippen LogP contribution in [0, 0.1) is 0 Å². The van der Waals surface area contributed by atoms with Crippen molar-refractivity contribution < 1.29 is 0 Å². The normalized spacial score (nSPS) is 12.9. The summed E-state index contributed by atoms with van der Waals surface area (Å²) < 4.78 is 3.93. The summed E-state index contributed by atoms with van der Waals surface area (Å²) in [7, 11) is 6.15. The number of nitrogens with zero attached hydrogens (tertiary/aromatic N) is 5. The van der Waals surface area contributed by atoms with E-state index >= 15 is 0 Å². The average Bonchev–Trinajstić information content (AvgIpc) is 3.03. The molecule has 122 valence electrons. The van der Waals surface area contributed by atoms with E-state index in [-0.39, 0.29) is 0 Å². The average molecular weight is 304 g/mol. The second-order valence-electron chi connectivity index (χ2n) is 6.37. The molecule has 0 unspecified atom stereocenters. The third-order valence-corrected chi connectivity index (χ3v) is 3.76. The molecule has 6 nitrogen and oxygen atoms in total. The van der Waals surface area contributed by atoms with Gasteiger partial charge in [-0.15, -0.1) is 0 Å². The van der Waals surface area contributed by atoms with Gasteiger partial charge in [-0.3, -0.25) is 9.36 Å². The minimum absolute atomic E-state index is 0.343. The fourth-order valence-corrected chi connectivity index (χ4v) is 2.80. The quantitative estimate of drug-likeness (QED) is 0.850. The number of anilines is 1. The van der Waals surface area contributed by atoms with Crippen molar-refractivity contribution in [1.29, 1.82) is 0 Å². The van der Waals surface area contributed by atoms with Crippen LogP contribution in [-0.4, -0.2) is 39.7 Å². The number of aryl methyl sites for hydroxylation is 1. The molecule has 0 fully saturated rings. The lowest BCUT2D eigenvalue weighted by molar-refractivity contribution is 0.450. The number of rotatable bonds is 7. The van der Waals surface area contributed by atoms with Crippen molar-refractivity contribution in [2.24, 2.45) is 7.05 Å². The molecule has 0 saturated carbocycles. The van der Waals surface area contributed by atoms with Gasteiger partial charge in [-0.25, -0.2) is 0 Å². The third kappa shape index (κ3) is 3.68. The number of nitrogens with one attached hydrogen (secondary N) is 1. The SMILES string of the molecule is CC(C)c1nn(C)c(N(C)C)c1CN[C@@H](C)Cn1cccn1. The van der Waals surface area contributed by atoms with Crippen LogP contribution in [-0.2, 0) is 20.1 Å². The highest BCUT2D eigenvalue weighted by molar-refractivity contribution is 5.50. The maximum atomic E-state index is 4.70. The van der Waals surface area contributed by atoms with E-state index in [4.69, 9.17) is 5.10 Å². The number of aromatic nitrogens is 4. The molecule has 0 aromatic carbocycles. The van der Waals surface area contributed by atoms with E-state index < -0.39 is 0 Å². The van der Waals surface area contributed by atoms with Crippen molar-refractivity contribution >= 4 is 5.82 Å². The van der Waals surface area contributed by atoms with Crippen LogP contribution in [0.15, 0.2) is 18.5 Å². The summed E-state index contributed by atoms with van der Waals surface area (Å²) in [6, 6.07) is 2.30. The molecule has 0 bridgehead atoms. The van der Waals surface area contributed by atoms with E-state index in [9.17, 15) is 0 Å². The van der Waals surface area contributed by atoms with Gasteiger partial charge in [0.15, 0.2) is 0 Å². The van der Waals surface area contributed by atoms with Gasteiger partial charge >= 0.3 is 0 Å². The summed E-state index contributed by atoms with van der Waals surface area (Å²) in [5.41, 5.74) is 2.46. The first kappa shape index (κ1) is 16.5. The Hall–Kier alpha value is -1.82. The summed E-state index contributed by atoms with van der Waals surface area (Å²) in [5.74, 6) is 1.58. The minimum Gasteiger partial charge on any atom is -0.363 e. The number of hydrogen-bond donors (Lipinski definition) is 1. The largest absolute Gasteiger partial charge is 0.363 e. The lowest BCUT2D eigenvalue weighted by atomic mass is 10.1. The van der Waals surface area contributed by atoms with E-state index in [1.165, 1.54) is 17.1 Å². The zero-order valence-corrected chi connectivity index (χ0v) is 14.5. The van der Waals surface area contributed by atoms with E-state index in [1.54, 1.807) is 0 Å². The monoisotopic (exact) mass is 304 g/mol. The van der Waals surface area contributed by atoms with E-state index in [0.29, 0.717) is 12.0 Å². The standard InChI is InChI=1S/C16H28N6/c1-12(2)15-14(16(20(4)5)21(6)19-15)10-17-13(3)11-22-9-7-8-18-22/h7-9,12-13,17H,10-11H2,1-6H3/t13-/m0/s1.